The molecule has 0 aliphatic carbocycles. The lowest BCUT2D eigenvalue weighted by Gasteiger charge is -2.40. The number of aromatic nitrogens is 2. The van der Waals surface area contributed by atoms with Crippen molar-refractivity contribution in [3.63, 3.8) is 0 Å². The van der Waals surface area contributed by atoms with Crippen molar-refractivity contribution >= 4 is 23.2 Å². The zero-order valence-corrected chi connectivity index (χ0v) is 21.5. The van der Waals surface area contributed by atoms with Crippen LogP contribution < -0.4 is 15.8 Å². The van der Waals surface area contributed by atoms with Crippen molar-refractivity contribution in [3.8, 4) is 0 Å². The van der Waals surface area contributed by atoms with Gasteiger partial charge in [0.05, 0.1) is 11.0 Å². The smallest absolute Gasteiger partial charge is 0.348 e. The highest BCUT2D eigenvalue weighted by molar-refractivity contribution is 5.96. The van der Waals surface area contributed by atoms with E-state index < -0.39 is 10.8 Å². The van der Waals surface area contributed by atoms with Gasteiger partial charge in [-0.05, 0) is 29.7 Å². The second kappa shape index (κ2) is 11.7. The van der Waals surface area contributed by atoms with E-state index in [1.54, 1.807) is 12.1 Å². The summed E-state index contributed by atoms with van der Waals surface area (Å²) in [6.07, 6.45) is 1.27. The van der Waals surface area contributed by atoms with E-state index in [0.717, 1.165) is 5.56 Å². The van der Waals surface area contributed by atoms with Crippen LogP contribution in [0.2, 0.25) is 0 Å². The van der Waals surface area contributed by atoms with Crippen molar-refractivity contribution in [1.82, 2.24) is 20.3 Å². The van der Waals surface area contributed by atoms with Gasteiger partial charge >= 0.3 is 5.69 Å². The number of hydrogen-bond acceptors (Lipinski definition) is 8. The van der Waals surface area contributed by atoms with Crippen LogP contribution in [0.1, 0.15) is 33.1 Å². The van der Waals surface area contributed by atoms with Gasteiger partial charge in [-0.3, -0.25) is 30.7 Å². The summed E-state index contributed by atoms with van der Waals surface area (Å²) in [4.78, 5) is 36.9. The van der Waals surface area contributed by atoms with Crippen molar-refractivity contribution < 1.29 is 9.72 Å². The summed E-state index contributed by atoms with van der Waals surface area (Å²) in [6.45, 7) is 4.27. The molecular formula is C29H29N7O3. The lowest BCUT2D eigenvalue weighted by atomic mass is 9.96. The largest absolute Gasteiger partial charge is 0.355 e. The quantitative estimate of drug-likeness (QED) is 0.259. The number of hydrazine groups is 1. The monoisotopic (exact) mass is 523 g/mol. The van der Waals surface area contributed by atoms with Gasteiger partial charge in [-0.1, -0.05) is 78.9 Å². The van der Waals surface area contributed by atoms with Gasteiger partial charge in [0.1, 0.15) is 6.33 Å². The van der Waals surface area contributed by atoms with Gasteiger partial charge in [0, 0.05) is 31.7 Å². The number of nitro groups is 1. The van der Waals surface area contributed by atoms with Crippen molar-refractivity contribution in [1.29, 1.82) is 0 Å². The van der Waals surface area contributed by atoms with Gasteiger partial charge in [-0.15, -0.1) is 0 Å². The Labute approximate surface area is 226 Å². The second-order valence-corrected chi connectivity index (χ2v) is 9.29. The summed E-state index contributed by atoms with van der Waals surface area (Å²) in [5, 5.41) is 12.1. The number of amides is 1. The van der Waals surface area contributed by atoms with Crippen LogP contribution in [0.25, 0.3) is 0 Å². The van der Waals surface area contributed by atoms with Crippen molar-refractivity contribution in [2.24, 2.45) is 0 Å². The normalized spacial score (nSPS) is 13.7. The molecule has 0 spiro atoms. The minimum absolute atomic E-state index is 0.0687. The summed E-state index contributed by atoms with van der Waals surface area (Å²) < 4.78 is 0. The van der Waals surface area contributed by atoms with Crippen molar-refractivity contribution in [3.05, 3.63) is 124 Å². The molecule has 0 atom stereocenters. The summed E-state index contributed by atoms with van der Waals surface area (Å²) >= 11 is 0. The molecule has 5 rings (SSSR count). The van der Waals surface area contributed by atoms with Gasteiger partial charge in [0.2, 0.25) is 11.6 Å². The Hall–Kier alpha value is -4.83. The van der Waals surface area contributed by atoms with E-state index in [1.807, 2.05) is 60.4 Å². The molecule has 1 aliphatic rings. The molecule has 198 valence electrons. The minimum Gasteiger partial charge on any atom is -0.348 e. The maximum atomic E-state index is 12.6. The second-order valence-electron chi connectivity index (χ2n) is 9.29. The fourth-order valence-electron chi connectivity index (χ4n) is 4.95. The molecule has 10 nitrogen and oxygen atoms in total. The third kappa shape index (κ3) is 5.70. The van der Waals surface area contributed by atoms with Crippen LogP contribution in [0.4, 0.5) is 17.3 Å². The first kappa shape index (κ1) is 25.8. The molecule has 1 amide bonds. The first-order chi connectivity index (χ1) is 19.0. The average molecular weight is 524 g/mol. The molecule has 39 heavy (non-hydrogen) atoms. The zero-order chi connectivity index (χ0) is 27.2. The first-order valence-corrected chi connectivity index (χ1v) is 12.7. The van der Waals surface area contributed by atoms with E-state index in [9.17, 15) is 14.9 Å². The molecule has 0 saturated carbocycles. The van der Waals surface area contributed by atoms with Crippen LogP contribution in [0.3, 0.4) is 0 Å². The first-order valence-electron chi connectivity index (χ1n) is 12.7. The van der Waals surface area contributed by atoms with E-state index in [-0.39, 0.29) is 23.4 Å². The van der Waals surface area contributed by atoms with Crippen LogP contribution in [0, 0.1) is 17.0 Å². The third-order valence-corrected chi connectivity index (χ3v) is 6.88. The SMILES string of the molecule is Cc1ccccc1C(=O)NNc1ncnc(N2CCN(C(c3ccccc3)c3ccccc3)CC2)c1[N+](=O)[O-]. The molecule has 2 N–H and O–H groups in total. The number of anilines is 2. The highest BCUT2D eigenvalue weighted by Crippen LogP contribution is 2.34. The molecule has 10 heteroatoms. The molecule has 0 radical (unpaired) electrons. The standard InChI is InChI=1S/C29H29N7O3/c1-21-10-8-9-15-24(21)29(37)33-32-27-26(36(38)39)28(31-20-30-27)35-18-16-34(17-19-35)25(22-11-4-2-5-12-22)23-13-6-3-7-14-23/h2-15,20,25H,16-19H2,1H3,(H,33,37)(H,30,31,32). The number of hydrogen-bond donors (Lipinski definition) is 2. The van der Waals surface area contributed by atoms with Gasteiger partial charge < -0.3 is 4.90 Å². The maximum absolute atomic E-state index is 12.6. The van der Waals surface area contributed by atoms with Gasteiger partial charge in [-0.2, -0.15) is 0 Å². The topological polar surface area (TPSA) is 117 Å². The summed E-state index contributed by atoms with van der Waals surface area (Å²) in [7, 11) is 0. The molecule has 2 heterocycles. The van der Waals surface area contributed by atoms with E-state index in [0.29, 0.717) is 31.7 Å². The van der Waals surface area contributed by atoms with Crippen molar-refractivity contribution in [2.75, 3.05) is 36.5 Å². The molecule has 3 aromatic carbocycles. The Balaban J connectivity index is 1.34. The Morgan fingerprint density at radius 1 is 0.872 bits per heavy atom. The minimum atomic E-state index is -0.513. The van der Waals surface area contributed by atoms with Crippen LogP contribution in [0.15, 0.2) is 91.3 Å². The lowest BCUT2D eigenvalue weighted by molar-refractivity contribution is -0.383. The molecule has 1 saturated heterocycles. The van der Waals surface area contributed by atoms with Crippen LogP contribution in [0.5, 0.6) is 0 Å². The summed E-state index contributed by atoms with van der Waals surface area (Å²) in [6, 6.07) is 27.9. The molecular weight excluding hydrogens is 494 g/mol. The van der Waals surface area contributed by atoms with Crippen LogP contribution >= 0.6 is 0 Å². The van der Waals surface area contributed by atoms with Crippen molar-refractivity contribution in [2.45, 2.75) is 13.0 Å². The predicted octanol–water partition coefficient (Wildman–Crippen LogP) is 4.36. The average Bonchev–Trinajstić information content (AvgIpc) is 2.97. The maximum Gasteiger partial charge on any atom is 0.355 e. The molecule has 4 aromatic rings. The number of carbonyl (C=O) groups is 1. The van der Waals surface area contributed by atoms with E-state index >= 15 is 0 Å². The predicted molar refractivity (Wildman–Crippen MR) is 149 cm³/mol. The number of rotatable bonds is 8. The van der Waals surface area contributed by atoms with Crippen LogP contribution in [-0.2, 0) is 0 Å². The van der Waals surface area contributed by atoms with Gasteiger partial charge in [0.25, 0.3) is 5.91 Å². The van der Waals surface area contributed by atoms with E-state index in [2.05, 4.69) is 50.0 Å². The zero-order valence-electron chi connectivity index (χ0n) is 21.5. The fraction of sp³-hybridized carbons (Fsp3) is 0.207. The highest BCUT2D eigenvalue weighted by atomic mass is 16.6. The Bertz CT molecular complexity index is 1400. The number of aryl methyl sites for hydroxylation is 1. The fourth-order valence-corrected chi connectivity index (χ4v) is 4.95. The number of piperazine rings is 1. The Morgan fingerprint density at radius 2 is 1.46 bits per heavy atom. The molecule has 0 bridgehead atoms. The lowest BCUT2D eigenvalue weighted by Crippen LogP contribution is -2.48. The Kier molecular flexibility index (Phi) is 7.74. The molecule has 1 fully saturated rings. The number of benzene rings is 3. The Morgan fingerprint density at radius 3 is 2.05 bits per heavy atom. The summed E-state index contributed by atoms with van der Waals surface area (Å²) in [5.41, 5.74) is 8.53. The number of carbonyl (C=O) groups excluding carboxylic acids is 1. The third-order valence-electron chi connectivity index (χ3n) is 6.88. The number of nitrogens with zero attached hydrogens (tertiary/aromatic N) is 5. The van der Waals surface area contributed by atoms with E-state index in [1.165, 1.54) is 17.5 Å². The highest BCUT2D eigenvalue weighted by Gasteiger charge is 2.32. The van der Waals surface area contributed by atoms with Crippen LogP contribution in [-0.4, -0.2) is 51.9 Å². The molecule has 1 aromatic heterocycles. The summed E-state index contributed by atoms with van der Waals surface area (Å²) in [5.74, 6) is -0.261. The van der Waals surface area contributed by atoms with E-state index in [4.69, 9.17) is 0 Å². The van der Waals surface area contributed by atoms with Gasteiger partial charge in [-0.25, -0.2) is 9.97 Å². The van der Waals surface area contributed by atoms with Gasteiger partial charge in [0.15, 0.2) is 0 Å². The molecule has 0 unspecified atom stereocenters. The number of nitrogens with one attached hydrogen (secondary N) is 2. The molecule has 1 aliphatic heterocycles.